The van der Waals surface area contributed by atoms with Gasteiger partial charge in [-0.15, -0.1) is 0 Å². The molecule has 176 valence electrons. The smallest absolute Gasteiger partial charge is 0.255 e. The second-order valence-corrected chi connectivity index (χ2v) is 8.89. The quantitative estimate of drug-likeness (QED) is 0.643. The van der Waals surface area contributed by atoms with Gasteiger partial charge in [-0.1, -0.05) is 56.4 Å². The van der Waals surface area contributed by atoms with E-state index >= 15 is 0 Å². The van der Waals surface area contributed by atoms with Gasteiger partial charge in [0.2, 0.25) is 5.91 Å². The zero-order chi connectivity index (χ0) is 23.2. The van der Waals surface area contributed by atoms with E-state index in [0.717, 1.165) is 36.8 Å². The lowest BCUT2D eigenvalue weighted by Gasteiger charge is -2.28. The molecule has 1 saturated carbocycles. The highest BCUT2D eigenvalue weighted by atomic mass is 16.5. The SMILES string of the molecule is CCOc1ccc(CN2C(=O)c3ccccc3[C@@H]2C(=O)NC2CCCCCCC2)cc1OC. The average Bonchev–Trinajstić information content (AvgIpc) is 3.08. The van der Waals surface area contributed by atoms with Gasteiger partial charge in [0.1, 0.15) is 6.04 Å². The Kier molecular flexibility index (Phi) is 7.53. The van der Waals surface area contributed by atoms with E-state index in [0.29, 0.717) is 30.2 Å². The first-order chi connectivity index (χ1) is 16.1. The van der Waals surface area contributed by atoms with Gasteiger partial charge in [0.15, 0.2) is 11.5 Å². The maximum Gasteiger partial charge on any atom is 0.255 e. The number of hydrogen-bond donors (Lipinski definition) is 1. The summed E-state index contributed by atoms with van der Waals surface area (Å²) in [5.74, 6) is 1.08. The van der Waals surface area contributed by atoms with Crippen LogP contribution in [0.15, 0.2) is 42.5 Å². The van der Waals surface area contributed by atoms with Crippen molar-refractivity contribution in [1.82, 2.24) is 10.2 Å². The number of nitrogens with zero attached hydrogens (tertiary/aromatic N) is 1. The van der Waals surface area contributed by atoms with Gasteiger partial charge in [-0.25, -0.2) is 0 Å². The summed E-state index contributed by atoms with van der Waals surface area (Å²) in [6.07, 6.45) is 8.02. The number of rotatable bonds is 7. The first-order valence-corrected chi connectivity index (χ1v) is 12.1. The van der Waals surface area contributed by atoms with E-state index in [1.54, 1.807) is 12.0 Å². The Hall–Kier alpha value is -3.02. The van der Waals surface area contributed by atoms with Crippen molar-refractivity contribution < 1.29 is 19.1 Å². The molecular formula is C27H34N2O4. The molecule has 1 atom stereocenters. The third-order valence-electron chi connectivity index (χ3n) is 6.64. The summed E-state index contributed by atoms with van der Waals surface area (Å²) < 4.78 is 11.1. The molecule has 0 radical (unpaired) electrons. The average molecular weight is 451 g/mol. The van der Waals surface area contributed by atoms with Gasteiger partial charge >= 0.3 is 0 Å². The number of ether oxygens (including phenoxy) is 2. The molecule has 1 aliphatic carbocycles. The Morgan fingerprint density at radius 2 is 1.76 bits per heavy atom. The number of fused-ring (bicyclic) bond motifs is 1. The highest BCUT2D eigenvalue weighted by Gasteiger charge is 2.41. The summed E-state index contributed by atoms with van der Waals surface area (Å²) in [5, 5.41) is 3.28. The number of benzene rings is 2. The van der Waals surface area contributed by atoms with Crippen LogP contribution in [0.5, 0.6) is 11.5 Å². The summed E-state index contributed by atoms with van der Waals surface area (Å²) >= 11 is 0. The van der Waals surface area contributed by atoms with Crippen LogP contribution in [0.1, 0.15) is 79.4 Å². The van der Waals surface area contributed by atoms with E-state index in [1.807, 2.05) is 49.4 Å². The number of carbonyl (C=O) groups is 2. The summed E-state index contributed by atoms with van der Waals surface area (Å²) in [6, 6.07) is 12.7. The molecule has 2 amide bonds. The second kappa shape index (κ2) is 10.7. The summed E-state index contributed by atoms with van der Waals surface area (Å²) in [5.41, 5.74) is 2.28. The minimum absolute atomic E-state index is 0.0863. The first-order valence-electron chi connectivity index (χ1n) is 12.1. The predicted octanol–water partition coefficient (Wildman–Crippen LogP) is 5.02. The zero-order valence-electron chi connectivity index (χ0n) is 19.6. The Labute approximate surface area is 196 Å². The molecule has 0 unspecified atom stereocenters. The third kappa shape index (κ3) is 5.15. The van der Waals surface area contributed by atoms with Gasteiger partial charge < -0.3 is 19.7 Å². The normalized spacial score (nSPS) is 18.9. The van der Waals surface area contributed by atoms with Crippen molar-refractivity contribution in [2.24, 2.45) is 0 Å². The fraction of sp³-hybridized carbons (Fsp3) is 0.481. The molecule has 6 heteroatoms. The maximum atomic E-state index is 13.5. The Balaban J connectivity index is 1.58. The van der Waals surface area contributed by atoms with Crippen LogP contribution in [0.25, 0.3) is 0 Å². The number of carbonyl (C=O) groups excluding carboxylic acids is 2. The van der Waals surface area contributed by atoms with Crippen LogP contribution in [0.3, 0.4) is 0 Å². The fourth-order valence-corrected chi connectivity index (χ4v) is 4.98. The lowest BCUT2D eigenvalue weighted by atomic mass is 9.96. The fourth-order valence-electron chi connectivity index (χ4n) is 4.98. The van der Waals surface area contributed by atoms with Crippen LogP contribution in [0.4, 0.5) is 0 Å². The molecule has 0 spiro atoms. The Morgan fingerprint density at radius 3 is 2.48 bits per heavy atom. The second-order valence-electron chi connectivity index (χ2n) is 8.89. The molecule has 6 nitrogen and oxygen atoms in total. The van der Waals surface area contributed by atoms with Gasteiger partial charge in [-0.3, -0.25) is 9.59 Å². The van der Waals surface area contributed by atoms with Crippen LogP contribution < -0.4 is 14.8 Å². The van der Waals surface area contributed by atoms with Gasteiger partial charge in [0, 0.05) is 18.2 Å². The van der Waals surface area contributed by atoms with Crippen LogP contribution in [-0.4, -0.2) is 36.5 Å². The van der Waals surface area contributed by atoms with Crippen molar-refractivity contribution in [1.29, 1.82) is 0 Å². The summed E-state index contributed by atoms with van der Waals surface area (Å²) in [7, 11) is 1.60. The molecule has 1 aliphatic heterocycles. The monoisotopic (exact) mass is 450 g/mol. The standard InChI is InChI=1S/C27H34N2O4/c1-3-33-23-16-15-19(17-24(23)32-2)18-29-25(21-13-9-10-14-22(21)27(29)31)26(30)28-20-11-7-5-4-6-8-12-20/h9-10,13-17,20,25H,3-8,11-12,18H2,1-2H3,(H,28,30)/t25-/m1/s1. The topological polar surface area (TPSA) is 67.9 Å². The minimum Gasteiger partial charge on any atom is -0.493 e. The molecule has 2 aromatic rings. The molecule has 0 bridgehead atoms. The number of nitrogens with one attached hydrogen (secondary N) is 1. The molecule has 2 aromatic carbocycles. The van der Waals surface area contributed by atoms with Crippen molar-refractivity contribution in [2.45, 2.75) is 70.5 Å². The molecule has 1 fully saturated rings. The third-order valence-corrected chi connectivity index (χ3v) is 6.64. The molecule has 33 heavy (non-hydrogen) atoms. The summed E-state index contributed by atoms with van der Waals surface area (Å²) in [4.78, 5) is 28.5. The van der Waals surface area contributed by atoms with Crippen molar-refractivity contribution in [3.8, 4) is 11.5 Å². The first kappa shape index (κ1) is 23.1. The van der Waals surface area contributed by atoms with E-state index < -0.39 is 6.04 Å². The molecule has 4 rings (SSSR count). The van der Waals surface area contributed by atoms with Crippen LogP contribution in [0.2, 0.25) is 0 Å². The van der Waals surface area contributed by atoms with E-state index in [9.17, 15) is 9.59 Å². The Morgan fingerprint density at radius 1 is 1.03 bits per heavy atom. The zero-order valence-corrected chi connectivity index (χ0v) is 19.6. The Bertz CT molecular complexity index is 982. The predicted molar refractivity (Wildman–Crippen MR) is 127 cm³/mol. The van der Waals surface area contributed by atoms with E-state index in [1.165, 1.54) is 19.3 Å². The van der Waals surface area contributed by atoms with Gasteiger partial charge in [-0.05, 0) is 49.1 Å². The van der Waals surface area contributed by atoms with Gasteiger partial charge in [-0.2, -0.15) is 0 Å². The van der Waals surface area contributed by atoms with Crippen LogP contribution >= 0.6 is 0 Å². The largest absolute Gasteiger partial charge is 0.493 e. The highest BCUT2D eigenvalue weighted by Crippen LogP contribution is 2.36. The molecule has 1 N–H and O–H groups in total. The van der Waals surface area contributed by atoms with E-state index in [-0.39, 0.29) is 17.9 Å². The molecular weight excluding hydrogens is 416 g/mol. The van der Waals surface area contributed by atoms with Gasteiger partial charge in [0.25, 0.3) is 5.91 Å². The van der Waals surface area contributed by atoms with E-state index in [2.05, 4.69) is 5.32 Å². The van der Waals surface area contributed by atoms with Crippen LogP contribution in [-0.2, 0) is 11.3 Å². The number of hydrogen-bond acceptors (Lipinski definition) is 4. The molecule has 2 aliphatic rings. The summed E-state index contributed by atoms with van der Waals surface area (Å²) in [6.45, 7) is 2.78. The highest BCUT2D eigenvalue weighted by molar-refractivity contribution is 6.04. The molecule has 0 saturated heterocycles. The lowest BCUT2D eigenvalue weighted by molar-refractivity contribution is -0.126. The van der Waals surface area contributed by atoms with Crippen molar-refractivity contribution in [3.63, 3.8) is 0 Å². The number of amides is 2. The van der Waals surface area contributed by atoms with Crippen LogP contribution in [0, 0.1) is 0 Å². The molecule has 1 heterocycles. The number of methoxy groups -OCH3 is 1. The van der Waals surface area contributed by atoms with Crippen molar-refractivity contribution in [2.75, 3.05) is 13.7 Å². The molecule has 0 aromatic heterocycles. The van der Waals surface area contributed by atoms with Gasteiger partial charge in [0.05, 0.1) is 13.7 Å². The van der Waals surface area contributed by atoms with E-state index in [4.69, 9.17) is 9.47 Å². The lowest BCUT2D eigenvalue weighted by Crippen LogP contribution is -2.43. The van der Waals surface area contributed by atoms with Crippen molar-refractivity contribution in [3.05, 3.63) is 59.2 Å². The van der Waals surface area contributed by atoms with Crippen molar-refractivity contribution >= 4 is 11.8 Å². The minimum atomic E-state index is -0.628. The maximum absolute atomic E-state index is 13.5.